The molecular formula is C17H19F2N3O3S. The predicted octanol–water partition coefficient (Wildman–Crippen LogP) is 2.34. The number of sulfonamides is 1. The molecule has 0 heterocycles. The summed E-state index contributed by atoms with van der Waals surface area (Å²) >= 11 is 0. The summed E-state index contributed by atoms with van der Waals surface area (Å²) in [6.45, 7) is -0.178. The molecule has 0 aliphatic rings. The van der Waals surface area contributed by atoms with E-state index < -0.39 is 26.6 Å². The van der Waals surface area contributed by atoms with Gasteiger partial charge in [0.2, 0.25) is 15.9 Å². The predicted molar refractivity (Wildman–Crippen MR) is 95.6 cm³/mol. The lowest BCUT2D eigenvalue weighted by Gasteiger charge is -2.13. The molecule has 0 atom stereocenters. The number of benzene rings is 2. The highest BCUT2D eigenvalue weighted by atomic mass is 32.2. The molecule has 2 aromatic rings. The number of halogens is 2. The third-order valence-electron chi connectivity index (χ3n) is 3.51. The van der Waals surface area contributed by atoms with E-state index in [0.717, 1.165) is 17.8 Å². The Labute approximate surface area is 150 Å². The van der Waals surface area contributed by atoms with Crippen molar-refractivity contribution in [3.05, 3.63) is 54.1 Å². The lowest BCUT2D eigenvalue weighted by atomic mass is 10.2. The van der Waals surface area contributed by atoms with Crippen molar-refractivity contribution < 1.29 is 22.0 Å². The summed E-state index contributed by atoms with van der Waals surface area (Å²) in [5, 5.41) is 2.65. The number of amides is 1. The van der Waals surface area contributed by atoms with Crippen molar-refractivity contribution in [1.82, 2.24) is 4.72 Å². The van der Waals surface area contributed by atoms with E-state index in [-0.39, 0.29) is 18.9 Å². The van der Waals surface area contributed by atoms with E-state index >= 15 is 0 Å². The van der Waals surface area contributed by atoms with E-state index in [9.17, 15) is 22.0 Å². The van der Waals surface area contributed by atoms with Gasteiger partial charge >= 0.3 is 0 Å². The van der Waals surface area contributed by atoms with Crippen LogP contribution in [0.3, 0.4) is 0 Å². The van der Waals surface area contributed by atoms with Crippen molar-refractivity contribution in [3.63, 3.8) is 0 Å². The van der Waals surface area contributed by atoms with Crippen LogP contribution in [-0.2, 0) is 14.8 Å². The zero-order valence-electron chi connectivity index (χ0n) is 14.3. The number of anilines is 2. The number of rotatable bonds is 7. The number of nitrogens with zero attached hydrogens (tertiary/aromatic N) is 1. The van der Waals surface area contributed by atoms with Gasteiger partial charge in [-0.1, -0.05) is 0 Å². The smallest absolute Gasteiger partial charge is 0.240 e. The zero-order chi connectivity index (χ0) is 19.3. The van der Waals surface area contributed by atoms with E-state index in [4.69, 9.17) is 0 Å². The first-order chi connectivity index (χ1) is 12.2. The standard InChI is InChI=1S/C17H19F2N3O3S/c1-22(2)13-5-3-12(4-6-13)21-17(23)9-10-20-26(24,25)14-7-8-15(18)16(19)11-14/h3-8,11,20H,9-10H2,1-2H3,(H,21,23). The normalized spacial score (nSPS) is 11.2. The first kappa shape index (κ1) is 19.8. The number of carbonyl (C=O) groups excluding carboxylic acids is 1. The summed E-state index contributed by atoms with van der Waals surface area (Å²) in [7, 11) is -0.234. The van der Waals surface area contributed by atoms with Gasteiger partial charge < -0.3 is 10.2 Å². The van der Waals surface area contributed by atoms with Crippen molar-refractivity contribution in [1.29, 1.82) is 0 Å². The van der Waals surface area contributed by atoms with Crippen LogP contribution in [0, 0.1) is 11.6 Å². The Kier molecular flexibility index (Phi) is 6.27. The fourth-order valence-corrected chi connectivity index (χ4v) is 3.14. The minimum atomic E-state index is -4.03. The van der Waals surface area contributed by atoms with Gasteiger partial charge in [0.05, 0.1) is 4.90 Å². The first-order valence-corrected chi connectivity index (χ1v) is 9.19. The van der Waals surface area contributed by atoms with E-state index in [1.54, 1.807) is 12.1 Å². The average molecular weight is 383 g/mol. The van der Waals surface area contributed by atoms with Gasteiger partial charge in [0.15, 0.2) is 11.6 Å². The summed E-state index contributed by atoms with van der Waals surface area (Å²) < 4.78 is 52.2. The highest BCUT2D eigenvalue weighted by Crippen LogP contribution is 2.16. The van der Waals surface area contributed by atoms with Crippen molar-refractivity contribution in [2.45, 2.75) is 11.3 Å². The molecule has 6 nitrogen and oxygen atoms in total. The minimum Gasteiger partial charge on any atom is -0.378 e. The van der Waals surface area contributed by atoms with Crippen LogP contribution < -0.4 is 14.9 Å². The molecule has 2 N–H and O–H groups in total. The lowest BCUT2D eigenvalue weighted by molar-refractivity contribution is -0.116. The van der Waals surface area contributed by atoms with Crippen molar-refractivity contribution in [3.8, 4) is 0 Å². The monoisotopic (exact) mass is 383 g/mol. The van der Waals surface area contributed by atoms with Crippen LogP contribution in [0.4, 0.5) is 20.2 Å². The fourth-order valence-electron chi connectivity index (χ4n) is 2.09. The molecular weight excluding hydrogens is 364 g/mol. The number of hydrogen-bond donors (Lipinski definition) is 2. The molecule has 0 aliphatic carbocycles. The van der Waals surface area contributed by atoms with Gasteiger partial charge in [-0.2, -0.15) is 0 Å². The van der Waals surface area contributed by atoms with Gasteiger partial charge in [0.1, 0.15) is 0 Å². The molecule has 2 rings (SSSR count). The first-order valence-electron chi connectivity index (χ1n) is 7.71. The lowest BCUT2D eigenvalue weighted by Crippen LogP contribution is -2.28. The SMILES string of the molecule is CN(C)c1ccc(NC(=O)CCNS(=O)(=O)c2ccc(F)c(F)c2)cc1. The van der Waals surface area contributed by atoms with E-state index in [1.165, 1.54) is 0 Å². The molecule has 0 spiro atoms. The summed E-state index contributed by atoms with van der Waals surface area (Å²) in [5.74, 6) is -2.77. The van der Waals surface area contributed by atoms with Crippen LogP contribution in [0.25, 0.3) is 0 Å². The number of hydrogen-bond acceptors (Lipinski definition) is 4. The van der Waals surface area contributed by atoms with Crippen molar-refractivity contribution in [2.75, 3.05) is 30.9 Å². The Morgan fingerprint density at radius 2 is 1.69 bits per heavy atom. The van der Waals surface area contributed by atoms with Crippen molar-refractivity contribution >= 4 is 27.3 Å². The molecule has 2 aromatic carbocycles. The van der Waals surface area contributed by atoms with Gasteiger partial charge in [-0.15, -0.1) is 0 Å². The van der Waals surface area contributed by atoms with Gasteiger partial charge in [0, 0.05) is 38.4 Å². The Balaban J connectivity index is 1.88. The quantitative estimate of drug-likeness (QED) is 0.769. The third-order valence-corrected chi connectivity index (χ3v) is 4.97. The molecule has 0 fully saturated rings. The molecule has 1 amide bonds. The summed E-state index contributed by atoms with van der Waals surface area (Å²) in [6.07, 6.45) is -0.113. The van der Waals surface area contributed by atoms with E-state index in [1.807, 2.05) is 31.1 Å². The van der Waals surface area contributed by atoms with Gasteiger partial charge in [0.25, 0.3) is 0 Å². The Morgan fingerprint density at radius 1 is 1.04 bits per heavy atom. The van der Waals surface area contributed by atoms with Gasteiger partial charge in [-0.3, -0.25) is 4.79 Å². The maximum Gasteiger partial charge on any atom is 0.240 e. The second-order valence-corrected chi connectivity index (χ2v) is 7.48. The molecule has 0 aliphatic heterocycles. The Hall–Kier alpha value is -2.52. The Bertz CT molecular complexity index is 885. The highest BCUT2D eigenvalue weighted by Gasteiger charge is 2.16. The molecule has 0 radical (unpaired) electrons. The summed E-state index contributed by atoms with van der Waals surface area (Å²) in [5.41, 5.74) is 1.56. The van der Waals surface area contributed by atoms with E-state index in [2.05, 4.69) is 10.0 Å². The Morgan fingerprint density at radius 3 is 2.27 bits per heavy atom. The number of carbonyl (C=O) groups is 1. The topological polar surface area (TPSA) is 78.5 Å². The van der Waals surface area contributed by atoms with Crippen LogP contribution in [0.1, 0.15) is 6.42 Å². The molecule has 0 unspecified atom stereocenters. The van der Waals surface area contributed by atoms with Crippen LogP contribution in [0.2, 0.25) is 0 Å². The van der Waals surface area contributed by atoms with Crippen LogP contribution in [0.15, 0.2) is 47.4 Å². The second kappa shape index (κ2) is 8.24. The second-order valence-electron chi connectivity index (χ2n) is 5.71. The van der Waals surface area contributed by atoms with Crippen molar-refractivity contribution in [2.24, 2.45) is 0 Å². The van der Waals surface area contributed by atoms with E-state index in [0.29, 0.717) is 11.8 Å². The van der Waals surface area contributed by atoms with Gasteiger partial charge in [-0.05, 0) is 42.5 Å². The molecule has 0 saturated heterocycles. The fraction of sp³-hybridized carbons (Fsp3) is 0.235. The molecule has 140 valence electrons. The summed E-state index contributed by atoms with van der Waals surface area (Å²) in [4.78, 5) is 13.4. The number of nitrogens with one attached hydrogen (secondary N) is 2. The molecule has 26 heavy (non-hydrogen) atoms. The third kappa shape index (κ3) is 5.24. The molecule has 0 bridgehead atoms. The molecule has 0 saturated carbocycles. The maximum absolute atomic E-state index is 13.1. The van der Waals surface area contributed by atoms with Gasteiger partial charge in [-0.25, -0.2) is 21.9 Å². The van der Waals surface area contributed by atoms with Crippen LogP contribution in [0.5, 0.6) is 0 Å². The minimum absolute atomic E-state index is 0.113. The zero-order valence-corrected chi connectivity index (χ0v) is 15.1. The average Bonchev–Trinajstić information content (AvgIpc) is 2.57. The highest BCUT2D eigenvalue weighted by molar-refractivity contribution is 7.89. The largest absolute Gasteiger partial charge is 0.378 e. The molecule has 9 heteroatoms. The maximum atomic E-state index is 13.1. The molecule has 0 aromatic heterocycles. The van der Waals surface area contributed by atoms with Crippen LogP contribution in [-0.4, -0.2) is 35.0 Å². The van der Waals surface area contributed by atoms with Crippen LogP contribution >= 0.6 is 0 Å². The summed E-state index contributed by atoms with van der Waals surface area (Å²) in [6, 6.07) is 9.41.